The first kappa shape index (κ1) is 21.2. The molecule has 0 aliphatic carbocycles. The van der Waals surface area contributed by atoms with Crippen LogP contribution in [0.5, 0.6) is 11.5 Å². The van der Waals surface area contributed by atoms with E-state index >= 15 is 0 Å². The van der Waals surface area contributed by atoms with Gasteiger partial charge in [-0.15, -0.1) is 0 Å². The highest BCUT2D eigenvalue weighted by Gasteiger charge is 2.20. The van der Waals surface area contributed by atoms with Gasteiger partial charge in [0.25, 0.3) is 11.6 Å². The fourth-order valence-electron chi connectivity index (χ4n) is 3.19. The summed E-state index contributed by atoms with van der Waals surface area (Å²) in [5, 5.41) is 15.0. The van der Waals surface area contributed by atoms with Gasteiger partial charge >= 0.3 is 0 Å². The number of fused-ring (bicyclic) bond motifs is 1. The Balaban J connectivity index is 1.45. The number of nitrogens with zero attached hydrogens (tertiary/aromatic N) is 4. The van der Waals surface area contributed by atoms with Crippen molar-refractivity contribution in [3.05, 3.63) is 64.0 Å². The first-order chi connectivity index (χ1) is 15.5. The molecule has 0 saturated carbocycles. The van der Waals surface area contributed by atoms with Gasteiger partial charge in [-0.25, -0.2) is 0 Å². The predicted octanol–water partition coefficient (Wildman–Crippen LogP) is 2.70. The maximum atomic E-state index is 12.9. The molecular formula is C21H20N4O7. The van der Waals surface area contributed by atoms with E-state index in [-0.39, 0.29) is 30.5 Å². The lowest BCUT2D eigenvalue weighted by Crippen LogP contribution is -2.35. The monoisotopic (exact) mass is 440 g/mol. The van der Waals surface area contributed by atoms with E-state index in [4.69, 9.17) is 18.7 Å². The van der Waals surface area contributed by atoms with Crippen molar-refractivity contribution < 1.29 is 28.5 Å². The normalized spacial score (nSPS) is 12.0. The van der Waals surface area contributed by atoms with Crippen molar-refractivity contribution in [1.82, 2.24) is 15.0 Å². The molecule has 32 heavy (non-hydrogen) atoms. The molecule has 1 aliphatic heterocycles. The van der Waals surface area contributed by atoms with E-state index in [2.05, 4.69) is 10.1 Å². The van der Waals surface area contributed by atoms with Crippen LogP contribution < -0.4 is 9.47 Å². The summed E-state index contributed by atoms with van der Waals surface area (Å²) >= 11 is 0. The third-order valence-corrected chi connectivity index (χ3v) is 4.85. The Morgan fingerprint density at radius 2 is 2.03 bits per heavy atom. The van der Waals surface area contributed by atoms with Gasteiger partial charge in [0.05, 0.1) is 11.5 Å². The first-order valence-corrected chi connectivity index (χ1v) is 9.80. The lowest BCUT2D eigenvalue weighted by atomic mass is 10.1. The molecule has 0 spiro atoms. The maximum Gasteiger partial charge on any atom is 0.270 e. The van der Waals surface area contributed by atoms with Gasteiger partial charge in [0.1, 0.15) is 0 Å². The molecule has 2 aromatic carbocycles. The number of methoxy groups -OCH3 is 1. The zero-order valence-corrected chi connectivity index (χ0v) is 17.2. The number of rotatable bonds is 9. The van der Waals surface area contributed by atoms with Crippen LogP contribution in [0.2, 0.25) is 0 Å². The van der Waals surface area contributed by atoms with E-state index in [0.29, 0.717) is 48.4 Å². The van der Waals surface area contributed by atoms with Gasteiger partial charge in [-0.3, -0.25) is 14.9 Å². The Labute approximate surface area is 182 Å². The molecule has 0 atom stereocenters. The van der Waals surface area contributed by atoms with E-state index < -0.39 is 4.92 Å². The van der Waals surface area contributed by atoms with Gasteiger partial charge in [0.2, 0.25) is 18.5 Å². The summed E-state index contributed by atoms with van der Waals surface area (Å²) in [5.41, 5.74) is 0.794. The molecule has 166 valence electrons. The average molecular weight is 440 g/mol. The van der Waals surface area contributed by atoms with Crippen LogP contribution in [0.1, 0.15) is 16.2 Å². The second-order valence-electron chi connectivity index (χ2n) is 6.92. The minimum Gasteiger partial charge on any atom is -0.454 e. The van der Waals surface area contributed by atoms with E-state index in [1.54, 1.807) is 24.3 Å². The second kappa shape index (κ2) is 9.43. The molecule has 4 rings (SSSR count). The number of amides is 1. The number of hydrogen-bond donors (Lipinski definition) is 0. The Kier molecular flexibility index (Phi) is 6.26. The van der Waals surface area contributed by atoms with Gasteiger partial charge in [-0.1, -0.05) is 11.2 Å². The van der Waals surface area contributed by atoms with E-state index in [1.807, 2.05) is 0 Å². The van der Waals surface area contributed by atoms with Crippen LogP contribution in [0.4, 0.5) is 5.69 Å². The summed E-state index contributed by atoms with van der Waals surface area (Å²) in [6, 6.07) is 11.0. The molecule has 11 nitrogen and oxygen atoms in total. The number of carbonyl (C=O) groups is 1. The van der Waals surface area contributed by atoms with Gasteiger partial charge < -0.3 is 23.6 Å². The van der Waals surface area contributed by atoms with Crippen LogP contribution >= 0.6 is 0 Å². The number of nitro benzene ring substituents is 1. The third kappa shape index (κ3) is 4.67. The molecule has 0 bridgehead atoms. The van der Waals surface area contributed by atoms with Crippen molar-refractivity contribution in [2.24, 2.45) is 0 Å². The molecule has 0 N–H and O–H groups in total. The van der Waals surface area contributed by atoms with Gasteiger partial charge in [-0.2, -0.15) is 4.98 Å². The predicted molar refractivity (Wildman–Crippen MR) is 110 cm³/mol. The van der Waals surface area contributed by atoms with Crippen molar-refractivity contribution in [3.8, 4) is 22.9 Å². The quantitative estimate of drug-likeness (QED) is 0.364. The molecule has 1 aliphatic rings. The van der Waals surface area contributed by atoms with Gasteiger partial charge in [-0.05, 0) is 24.3 Å². The Morgan fingerprint density at radius 3 is 2.84 bits per heavy atom. The lowest BCUT2D eigenvalue weighted by molar-refractivity contribution is -0.384. The highest BCUT2D eigenvalue weighted by Crippen LogP contribution is 2.35. The van der Waals surface area contributed by atoms with E-state index in [0.717, 1.165) is 0 Å². The molecular weight excluding hydrogens is 420 g/mol. The van der Waals surface area contributed by atoms with Crippen molar-refractivity contribution in [2.75, 3.05) is 33.6 Å². The molecule has 11 heteroatoms. The highest BCUT2D eigenvalue weighted by atomic mass is 16.7. The van der Waals surface area contributed by atoms with Crippen LogP contribution in [0.25, 0.3) is 11.4 Å². The smallest absolute Gasteiger partial charge is 0.270 e. The Morgan fingerprint density at radius 1 is 1.19 bits per heavy atom. The van der Waals surface area contributed by atoms with Crippen LogP contribution in [0, 0.1) is 10.1 Å². The van der Waals surface area contributed by atoms with Crippen molar-refractivity contribution in [3.63, 3.8) is 0 Å². The van der Waals surface area contributed by atoms with Crippen LogP contribution in [-0.4, -0.2) is 59.5 Å². The summed E-state index contributed by atoms with van der Waals surface area (Å²) < 4.78 is 21.1. The Bertz CT molecular complexity index is 1130. The zero-order valence-electron chi connectivity index (χ0n) is 17.2. The topological polar surface area (TPSA) is 130 Å². The summed E-state index contributed by atoms with van der Waals surface area (Å²) in [5.74, 6) is 1.67. The minimum atomic E-state index is -0.535. The second-order valence-corrected chi connectivity index (χ2v) is 6.92. The standard InChI is InChI=1S/C21H20N4O7/c1-29-10-9-24(21(26)15-3-2-4-16(11-15)25(27)28)8-7-19-22-20(23-32-19)14-5-6-17-18(12-14)31-13-30-17/h2-6,11-12H,7-10,13H2,1H3. The summed E-state index contributed by atoms with van der Waals surface area (Å²) in [4.78, 5) is 29.4. The molecule has 0 unspecified atom stereocenters. The number of non-ortho nitro benzene ring substituents is 1. The highest BCUT2D eigenvalue weighted by molar-refractivity contribution is 5.94. The Hall–Kier alpha value is -3.99. The van der Waals surface area contributed by atoms with Crippen LogP contribution in [0.3, 0.4) is 0 Å². The summed E-state index contributed by atoms with van der Waals surface area (Å²) in [6.07, 6.45) is 0.307. The van der Waals surface area contributed by atoms with Crippen LogP contribution in [0.15, 0.2) is 47.0 Å². The first-order valence-electron chi connectivity index (χ1n) is 9.80. The fourth-order valence-corrected chi connectivity index (χ4v) is 3.19. The molecule has 3 aromatic rings. The van der Waals surface area contributed by atoms with E-state index in [1.165, 1.54) is 30.2 Å². The largest absolute Gasteiger partial charge is 0.454 e. The summed E-state index contributed by atoms with van der Waals surface area (Å²) in [7, 11) is 1.53. The van der Waals surface area contributed by atoms with Gasteiger partial charge in [0, 0.05) is 49.9 Å². The number of benzene rings is 2. The van der Waals surface area contributed by atoms with Crippen molar-refractivity contribution in [1.29, 1.82) is 0 Å². The molecule has 0 fully saturated rings. The van der Waals surface area contributed by atoms with Crippen molar-refractivity contribution in [2.45, 2.75) is 6.42 Å². The van der Waals surface area contributed by atoms with E-state index in [9.17, 15) is 14.9 Å². The maximum absolute atomic E-state index is 12.9. The molecule has 2 heterocycles. The number of ether oxygens (including phenoxy) is 3. The third-order valence-electron chi connectivity index (χ3n) is 4.85. The van der Waals surface area contributed by atoms with Gasteiger partial charge in [0.15, 0.2) is 11.5 Å². The summed E-state index contributed by atoms with van der Waals surface area (Å²) in [6.45, 7) is 1.06. The SMILES string of the molecule is COCCN(CCc1nc(-c2ccc3c(c2)OCO3)no1)C(=O)c1cccc([N+](=O)[O-])c1. The average Bonchev–Trinajstić information content (AvgIpc) is 3.48. The fraction of sp³-hybridized carbons (Fsp3) is 0.286. The van der Waals surface area contributed by atoms with Crippen LogP contribution in [-0.2, 0) is 11.2 Å². The number of carbonyl (C=O) groups excluding carboxylic acids is 1. The molecule has 0 saturated heterocycles. The molecule has 0 radical (unpaired) electrons. The molecule has 1 amide bonds. The number of hydrogen-bond acceptors (Lipinski definition) is 9. The minimum absolute atomic E-state index is 0.146. The molecule has 1 aromatic heterocycles. The number of nitro groups is 1. The lowest BCUT2D eigenvalue weighted by Gasteiger charge is -2.21. The zero-order chi connectivity index (χ0) is 22.5. The van der Waals surface area contributed by atoms with Crippen molar-refractivity contribution >= 4 is 11.6 Å². The number of aromatic nitrogens is 2.